The Labute approximate surface area is 229 Å². The zero-order valence-electron chi connectivity index (χ0n) is 21.9. The lowest BCUT2D eigenvalue weighted by atomic mass is 9.90. The first-order chi connectivity index (χ1) is 19.2. The number of ether oxygens (including phenoxy) is 1. The number of Topliss-reactive ketones (excluding diaryl/α,β-unsaturated/α-hetero) is 1. The fourth-order valence-electron chi connectivity index (χ4n) is 4.81. The molecule has 0 atom stereocenters. The number of fused-ring (bicyclic) bond motifs is 2. The fraction of sp³-hybridized carbons (Fsp3) is 0.133. The van der Waals surface area contributed by atoms with Gasteiger partial charge in [-0.3, -0.25) is 19.7 Å². The number of hydrazone groups is 1. The fourth-order valence-corrected chi connectivity index (χ4v) is 4.81. The summed E-state index contributed by atoms with van der Waals surface area (Å²) in [7, 11) is 0. The highest BCUT2D eigenvalue weighted by Crippen LogP contribution is 2.41. The van der Waals surface area contributed by atoms with Gasteiger partial charge in [-0.2, -0.15) is 15.2 Å². The Morgan fingerprint density at radius 3 is 2.10 bits per heavy atom. The van der Waals surface area contributed by atoms with E-state index in [0.717, 1.165) is 16.8 Å². The number of aromatic nitrogens is 2. The smallest absolute Gasteiger partial charge is 0.281 e. The number of non-ortho nitro benzene ring substituents is 1. The Hall–Kier alpha value is -5.38. The average molecular weight is 534 g/mol. The molecule has 6 rings (SSSR count). The van der Waals surface area contributed by atoms with Crippen molar-refractivity contribution < 1.29 is 19.2 Å². The van der Waals surface area contributed by atoms with E-state index in [4.69, 9.17) is 4.74 Å². The first-order valence-electron chi connectivity index (χ1n) is 12.5. The lowest BCUT2D eigenvalue weighted by molar-refractivity contribution is -0.384. The van der Waals surface area contributed by atoms with Gasteiger partial charge in [0.2, 0.25) is 5.88 Å². The van der Waals surface area contributed by atoms with E-state index >= 15 is 0 Å². The van der Waals surface area contributed by atoms with Gasteiger partial charge in [-0.25, -0.2) is 4.68 Å². The summed E-state index contributed by atoms with van der Waals surface area (Å²) in [4.78, 5) is 38.8. The van der Waals surface area contributed by atoms with Gasteiger partial charge >= 0.3 is 0 Å². The van der Waals surface area contributed by atoms with E-state index in [1.807, 2.05) is 50.2 Å². The Bertz CT molecular complexity index is 1760. The Kier molecular flexibility index (Phi) is 5.87. The molecule has 3 heterocycles. The number of nitrogens with zero attached hydrogens (tertiary/aromatic N) is 5. The molecular weight excluding hydrogens is 510 g/mol. The molecule has 10 nitrogen and oxygen atoms in total. The topological polar surface area (TPSA) is 120 Å². The number of nitro benzene ring substituents is 1. The minimum atomic E-state index is -0.534. The Morgan fingerprint density at radius 1 is 0.900 bits per heavy atom. The molecule has 10 heteroatoms. The number of amides is 1. The van der Waals surface area contributed by atoms with Gasteiger partial charge < -0.3 is 4.74 Å². The molecular formula is C30H23N5O5. The van der Waals surface area contributed by atoms with Crippen molar-refractivity contribution in [3.05, 3.63) is 116 Å². The highest BCUT2D eigenvalue weighted by molar-refractivity contribution is 6.45. The predicted octanol–water partition coefficient (Wildman–Crippen LogP) is 5.14. The molecule has 2 aliphatic heterocycles. The summed E-state index contributed by atoms with van der Waals surface area (Å²) in [6.45, 7) is 5.60. The van der Waals surface area contributed by atoms with Crippen LogP contribution in [0.25, 0.3) is 11.3 Å². The van der Waals surface area contributed by atoms with Crippen LogP contribution in [0.1, 0.15) is 32.7 Å². The molecule has 0 spiro atoms. The van der Waals surface area contributed by atoms with Crippen molar-refractivity contribution >= 4 is 34.3 Å². The number of hydrogen-bond donors (Lipinski definition) is 0. The SMILES string of the molecule is Cc1ccc(N2N=C3COc4c(c(C)nn4-c4ccc(C)cc4)C(C(=O)c4ccc([N+](=O)[O-])cc4)=C3C2=O)cc1. The summed E-state index contributed by atoms with van der Waals surface area (Å²) in [6.07, 6.45) is 0. The van der Waals surface area contributed by atoms with E-state index in [9.17, 15) is 19.7 Å². The second-order valence-electron chi connectivity index (χ2n) is 9.68. The molecule has 0 aliphatic carbocycles. The van der Waals surface area contributed by atoms with Gasteiger partial charge in [0.05, 0.1) is 38.7 Å². The first-order valence-corrected chi connectivity index (χ1v) is 12.5. The molecule has 2 aliphatic rings. The Morgan fingerprint density at radius 2 is 1.50 bits per heavy atom. The summed E-state index contributed by atoms with van der Waals surface area (Å²) in [5, 5.41) is 21.7. The van der Waals surface area contributed by atoms with Crippen LogP contribution in [0.2, 0.25) is 0 Å². The number of ketones is 1. The van der Waals surface area contributed by atoms with E-state index in [2.05, 4.69) is 10.2 Å². The number of carbonyl (C=O) groups excluding carboxylic acids is 2. The van der Waals surface area contributed by atoms with Crippen LogP contribution < -0.4 is 9.75 Å². The van der Waals surface area contributed by atoms with E-state index in [0.29, 0.717) is 28.5 Å². The van der Waals surface area contributed by atoms with Crippen LogP contribution in [0.5, 0.6) is 5.88 Å². The third-order valence-corrected chi connectivity index (χ3v) is 6.90. The third-order valence-electron chi connectivity index (χ3n) is 6.90. The lowest BCUT2D eigenvalue weighted by Crippen LogP contribution is -2.23. The van der Waals surface area contributed by atoms with Crippen LogP contribution in [-0.2, 0) is 4.79 Å². The largest absolute Gasteiger partial charge is 0.471 e. The van der Waals surface area contributed by atoms with E-state index in [1.165, 1.54) is 29.3 Å². The lowest BCUT2D eigenvalue weighted by Gasteiger charge is -2.14. The normalized spacial score (nSPS) is 14.3. The molecule has 4 aromatic rings. The molecule has 0 bridgehead atoms. The summed E-state index contributed by atoms with van der Waals surface area (Å²) in [6, 6.07) is 20.3. The third kappa shape index (κ3) is 4.06. The molecule has 0 N–H and O–H groups in total. The standard InChI is InChI=1S/C30H23N5O5/c1-17-4-10-21(11-5-17)33-29(37)26-24(32-33)16-40-30-25(19(3)31-34(30)22-12-6-18(2)7-13-22)27(26)28(36)20-8-14-23(15-9-20)35(38)39/h4-15H,16H2,1-3H3. The van der Waals surface area contributed by atoms with Crippen molar-refractivity contribution in [2.45, 2.75) is 20.8 Å². The highest BCUT2D eigenvalue weighted by atomic mass is 16.6. The summed E-state index contributed by atoms with van der Waals surface area (Å²) >= 11 is 0. The van der Waals surface area contributed by atoms with Crippen LogP contribution in [0.4, 0.5) is 11.4 Å². The zero-order valence-corrected chi connectivity index (χ0v) is 21.9. The number of benzene rings is 3. The number of allylic oxidation sites excluding steroid dienone is 1. The first kappa shape index (κ1) is 24.9. The maximum Gasteiger partial charge on any atom is 0.281 e. The van der Waals surface area contributed by atoms with Crippen molar-refractivity contribution in [3.8, 4) is 11.6 Å². The number of anilines is 1. The van der Waals surface area contributed by atoms with Crippen LogP contribution in [0.15, 0.2) is 83.5 Å². The second kappa shape index (κ2) is 9.42. The number of hydrogen-bond acceptors (Lipinski definition) is 7. The molecule has 1 amide bonds. The summed E-state index contributed by atoms with van der Waals surface area (Å²) in [5.74, 6) is -0.649. The molecule has 1 aromatic heterocycles. The molecule has 0 fully saturated rings. The van der Waals surface area contributed by atoms with Gasteiger partial charge in [0.1, 0.15) is 12.3 Å². The van der Waals surface area contributed by atoms with Crippen LogP contribution in [0, 0.1) is 30.9 Å². The van der Waals surface area contributed by atoms with Gasteiger partial charge in [-0.15, -0.1) is 0 Å². The highest BCUT2D eigenvalue weighted by Gasteiger charge is 2.41. The summed E-state index contributed by atoms with van der Waals surface area (Å²) in [5.41, 5.74) is 4.79. The van der Waals surface area contributed by atoms with E-state index < -0.39 is 16.6 Å². The van der Waals surface area contributed by atoms with Gasteiger partial charge in [-0.05, 0) is 57.2 Å². The van der Waals surface area contributed by atoms with Crippen molar-refractivity contribution in [1.82, 2.24) is 9.78 Å². The molecule has 0 saturated carbocycles. The molecule has 40 heavy (non-hydrogen) atoms. The molecule has 198 valence electrons. The molecule has 0 unspecified atom stereocenters. The van der Waals surface area contributed by atoms with Crippen molar-refractivity contribution in [1.29, 1.82) is 0 Å². The van der Waals surface area contributed by atoms with Gasteiger partial charge in [0, 0.05) is 17.7 Å². The maximum atomic E-state index is 14.2. The Balaban J connectivity index is 1.56. The number of aryl methyl sites for hydroxylation is 3. The maximum absolute atomic E-state index is 14.2. The minimum Gasteiger partial charge on any atom is -0.471 e. The van der Waals surface area contributed by atoms with Crippen molar-refractivity contribution in [2.24, 2.45) is 5.10 Å². The quantitative estimate of drug-likeness (QED) is 0.199. The number of nitro groups is 1. The number of carbonyl (C=O) groups is 2. The minimum absolute atomic E-state index is 0.0650. The summed E-state index contributed by atoms with van der Waals surface area (Å²) < 4.78 is 7.83. The van der Waals surface area contributed by atoms with Gasteiger partial charge in [-0.1, -0.05) is 35.4 Å². The van der Waals surface area contributed by atoms with Crippen LogP contribution in [-0.4, -0.2) is 38.7 Å². The molecule has 3 aromatic carbocycles. The average Bonchev–Trinajstić information content (AvgIpc) is 3.38. The van der Waals surface area contributed by atoms with Crippen molar-refractivity contribution in [3.63, 3.8) is 0 Å². The zero-order chi connectivity index (χ0) is 28.1. The van der Waals surface area contributed by atoms with Crippen molar-refractivity contribution in [2.75, 3.05) is 11.6 Å². The molecule has 0 saturated heterocycles. The van der Waals surface area contributed by atoms with Crippen LogP contribution >= 0.6 is 0 Å². The monoisotopic (exact) mass is 533 g/mol. The number of rotatable bonds is 5. The molecule has 0 radical (unpaired) electrons. The van der Waals surface area contributed by atoms with E-state index in [1.54, 1.807) is 23.7 Å². The second-order valence-corrected chi connectivity index (χ2v) is 9.68. The van der Waals surface area contributed by atoms with Gasteiger partial charge in [0.25, 0.3) is 11.6 Å². The van der Waals surface area contributed by atoms with Crippen LogP contribution in [0.3, 0.4) is 0 Å². The predicted molar refractivity (Wildman–Crippen MR) is 149 cm³/mol. The van der Waals surface area contributed by atoms with E-state index in [-0.39, 0.29) is 29.0 Å². The van der Waals surface area contributed by atoms with Gasteiger partial charge in [0.15, 0.2) is 5.78 Å².